The molecule has 0 aliphatic carbocycles. The molecule has 0 amide bonds. The van der Waals surface area contributed by atoms with Crippen LogP contribution in [0.15, 0.2) is 53.8 Å². The van der Waals surface area contributed by atoms with Crippen molar-refractivity contribution in [2.24, 2.45) is 0 Å². The Morgan fingerprint density at radius 1 is 1.06 bits per heavy atom. The van der Waals surface area contributed by atoms with E-state index in [1.165, 1.54) is 22.1 Å². The molecule has 2 aromatic heterocycles. The summed E-state index contributed by atoms with van der Waals surface area (Å²) in [5, 5.41) is 5.22. The van der Waals surface area contributed by atoms with Crippen LogP contribution in [0.25, 0.3) is 5.65 Å². The van der Waals surface area contributed by atoms with E-state index in [2.05, 4.69) is 10.1 Å². The highest BCUT2D eigenvalue weighted by Crippen LogP contribution is 2.30. The van der Waals surface area contributed by atoms with Gasteiger partial charge in [-0.25, -0.2) is 17.9 Å². The van der Waals surface area contributed by atoms with Crippen molar-refractivity contribution in [2.45, 2.75) is 24.2 Å². The molecule has 0 unspecified atom stereocenters. The fraction of sp³-hybridized carbons (Fsp3) is 0.429. The molecule has 12 heteroatoms. The third-order valence-electron chi connectivity index (χ3n) is 5.41. The van der Waals surface area contributed by atoms with E-state index in [4.69, 9.17) is 0 Å². The van der Waals surface area contributed by atoms with Gasteiger partial charge >= 0.3 is 6.18 Å². The highest BCUT2D eigenvalue weighted by Gasteiger charge is 2.31. The van der Waals surface area contributed by atoms with Gasteiger partial charge in [0.15, 0.2) is 5.65 Å². The summed E-state index contributed by atoms with van der Waals surface area (Å²) < 4.78 is 67.3. The Morgan fingerprint density at radius 2 is 1.85 bits per heavy atom. The van der Waals surface area contributed by atoms with Gasteiger partial charge in [-0.05, 0) is 30.2 Å². The minimum Gasteiger partial charge on any atom is -0.296 e. The first-order valence-corrected chi connectivity index (χ1v) is 13.1. The largest absolute Gasteiger partial charge is 0.416 e. The molecule has 4 rings (SSSR count). The maximum Gasteiger partial charge on any atom is 0.416 e. The van der Waals surface area contributed by atoms with Crippen molar-refractivity contribution in [1.82, 2.24) is 23.8 Å². The molecular weight excluding hydrogens is 475 g/mol. The van der Waals surface area contributed by atoms with E-state index in [1.54, 1.807) is 23.0 Å². The first-order chi connectivity index (χ1) is 15.7. The monoisotopic (exact) mass is 499 g/mol. The average Bonchev–Trinajstić information content (AvgIpc) is 3.25. The Morgan fingerprint density at radius 3 is 2.61 bits per heavy atom. The zero-order valence-electron chi connectivity index (χ0n) is 17.8. The normalized spacial score (nSPS) is 16.5. The molecule has 1 saturated heterocycles. The Bertz CT molecular complexity index is 1190. The standard InChI is InChI=1S/C21H24F3N5O2S2/c22-21(23,24)18-4-1-3-17(15-18)16-27-9-11-28(12-10-27)33(30,31)14-2-13-32-20-6-5-19-25-7-8-29(19)26-20/h1,3-8,15H,2,9-14,16H2. The number of fused-ring (bicyclic) bond motifs is 1. The third kappa shape index (κ3) is 6.25. The Balaban J connectivity index is 1.22. The van der Waals surface area contributed by atoms with Crippen molar-refractivity contribution in [2.75, 3.05) is 37.7 Å². The van der Waals surface area contributed by atoms with Gasteiger partial charge in [-0.15, -0.1) is 11.8 Å². The van der Waals surface area contributed by atoms with Gasteiger partial charge in [0.25, 0.3) is 0 Å². The molecule has 0 atom stereocenters. The molecule has 0 N–H and O–H groups in total. The summed E-state index contributed by atoms with van der Waals surface area (Å²) in [6.45, 7) is 2.02. The van der Waals surface area contributed by atoms with Gasteiger partial charge < -0.3 is 0 Å². The molecular formula is C21H24F3N5O2S2. The lowest BCUT2D eigenvalue weighted by molar-refractivity contribution is -0.137. The zero-order valence-corrected chi connectivity index (χ0v) is 19.4. The van der Waals surface area contributed by atoms with E-state index in [-0.39, 0.29) is 5.75 Å². The summed E-state index contributed by atoms with van der Waals surface area (Å²) in [6, 6.07) is 9.00. The van der Waals surface area contributed by atoms with E-state index in [0.717, 1.165) is 22.8 Å². The fourth-order valence-corrected chi connectivity index (χ4v) is 6.17. The highest BCUT2D eigenvalue weighted by atomic mass is 32.2. The number of aromatic nitrogens is 3. The van der Waals surface area contributed by atoms with Gasteiger partial charge in [-0.1, -0.05) is 18.2 Å². The van der Waals surface area contributed by atoms with Gasteiger partial charge in [-0.2, -0.15) is 22.6 Å². The molecule has 1 aromatic carbocycles. The van der Waals surface area contributed by atoms with E-state index >= 15 is 0 Å². The summed E-state index contributed by atoms with van der Waals surface area (Å²) in [4.78, 5) is 6.12. The Labute approximate surface area is 194 Å². The maximum atomic E-state index is 12.9. The number of alkyl halides is 3. The molecule has 0 radical (unpaired) electrons. The first-order valence-electron chi connectivity index (χ1n) is 10.5. The van der Waals surface area contributed by atoms with Crippen LogP contribution in [0.1, 0.15) is 17.5 Å². The summed E-state index contributed by atoms with van der Waals surface area (Å²) in [6.07, 6.45) is -0.441. The molecule has 1 aliphatic rings. The second kappa shape index (κ2) is 10.00. The zero-order chi connectivity index (χ0) is 23.5. The number of rotatable bonds is 8. The van der Waals surface area contributed by atoms with Crippen molar-refractivity contribution in [3.8, 4) is 0 Å². The van der Waals surface area contributed by atoms with Gasteiger partial charge in [0, 0.05) is 50.9 Å². The first kappa shape index (κ1) is 24.0. The number of sulfonamides is 1. The van der Waals surface area contributed by atoms with Crippen LogP contribution in [0, 0.1) is 0 Å². The van der Waals surface area contributed by atoms with Gasteiger partial charge in [-0.3, -0.25) is 4.90 Å². The van der Waals surface area contributed by atoms with Crippen LogP contribution < -0.4 is 0 Å². The predicted octanol–water partition coefficient (Wildman–Crippen LogP) is 3.38. The van der Waals surface area contributed by atoms with Crippen LogP contribution >= 0.6 is 11.8 Å². The van der Waals surface area contributed by atoms with Crippen LogP contribution in [0.4, 0.5) is 13.2 Å². The van der Waals surface area contributed by atoms with Gasteiger partial charge in [0.1, 0.15) is 5.03 Å². The summed E-state index contributed by atoms with van der Waals surface area (Å²) >= 11 is 1.50. The van der Waals surface area contributed by atoms with Gasteiger partial charge in [0.05, 0.1) is 11.3 Å². The number of hydrogen-bond acceptors (Lipinski definition) is 6. The molecule has 1 fully saturated rings. The Kier molecular flexibility index (Phi) is 7.27. The van der Waals surface area contributed by atoms with E-state index in [0.29, 0.717) is 50.5 Å². The lowest BCUT2D eigenvalue weighted by Crippen LogP contribution is -2.48. The topological polar surface area (TPSA) is 70.8 Å². The summed E-state index contributed by atoms with van der Waals surface area (Å²) in [5.41, 5.74) is 0.661. The van der Waals surface area contributed by atoms with Crippen LogP contribution in [0.2, 0.25) is 0 Å². The fourth-order valence-electron chi connectivity index (χ4n) is 3.69. The summed E-state index contributed by atoms with van der Waals surface area (Å²) in [5.74, 6) is 0.683. The molecule has 0 spiro atoms. The van der Waals surface area contributed by atoms with Crippen LogP contribution in [0.5, 0.6) is 0 Å². The predicted molar refractivity (Wildman–Crippen MR) is 120 cm³/mol. The molecule has 1 aliphatic heterocycles. The minimum atomic E-state index is -4.37. The molecule has 178 valence electrons. The molecule has 33 heavy (non-hydrogen) atoms. The van der Waals surface area contributed by atoms with Crippen LogP contribution in [-0.4, -0.2) is 69.9 Å². The SMILES string of the molecule is O=S(=O)(CCCSc1ccc2nccn2n1)N1CCN(Cc2cccc(C(F)(F)F)c2)CC1. The van der Waals surface area contributed by atoms with Crippen LogP contribution in [0.3, 0.4) is 0 Å². The third-order valence-corrected chi connectivity index (χ3v) is 8.38. The second-order valence-corrected chi connectivity index (χ2v) is 11.0. The van der Waals surface area contributed by atoms with Crippen molar-refractivity contribution < 1.29 is 21.6 Å². The smallest absolute Gasteiger partial charge is 0.296 e. The maximum absolute atomic E-state index is 12.9. The number of nitrogens with zero attached hydrogens (tertiary/aromatic N) is 5. The van der Waals surface area contributed by atoms with E-state index in [9.17, 15) is 21.6 Å². The number of hydrogen-bond donors (Lipinski definition) is 0. The molecule has 0 saturated carbocycles. The summed E-state index contributed by atoms with van der Waals surface area (Å²) in [7, 11) is -3.38. The van der Waals surface area contributed by atoms with Crippen LogP contribution in [-0.2, 0) is 22.7 Å². The highest BCUT2D eigenvalue weighted by molar-refractivity contribution is 7.99. The lowest BCUT2D eigenvalue weighted by atomic mass is 10.1. The Hall–Kier alpha value is -2.15. The van der Waals surface area contributed by atoms with Crippen molar-refractivity contribution in [3.05, 3.63) is 59.9 Å². The van der Waals surface area contributed by atoms with Crippen molar-refractivity contribution in [3.63, 3.8) is 0 Å². The number of thioether (sulfide) groups is 1. The number of imidazole rings is 1. The molecule has 7 nitrogen and oxygen atoms in total. The average molecular weight is 500 g/mol. The number of piperazine rings is 1. The molecule has 0 bridgehead atoms. The lowest BCUT2D eigenvalue weighted by Gasteiger charge is -2.34. The van der Waals surface area contributed by atoms with E-state index < -0.39 is 21.8 Å². The minimum absolute atomic E-state index is 0.0565. The quantitative estimate of drug-likeness (QED) is 0.350. The molecule has 3 heterocycles. The molecule has 3 aromatic rings. The number of halogens is 3. The van der Waals surface area contributed by atoms with Crippen molar-refractivity contribution in [1.29, 1.82) is 0 Å². The number of benzene rings is 1. The van der Waals surface area contributed by atoms with Crippen molar-refractivity contribution >= 4 is 27.4 Å². The van der Waals surface area contributed by atoms with E-state index in [1.807, 2.05) is 17.0 Å². The van der Waals surface area contributed by atoms with Gasteiger partial charge in [0.2, 0.25) is 10.0 Å². The second-order valence-electron chi connectivity index (χ2n) is 7.79.